The molecule has 0 amide bonds. The number of H-pyrrole nitrogens is 1. The first-order chi connectivity index (χ1) is 11.1. The van der Waals surface area contributed by atoms with Gasteiger partial charge in [-0.1, -0.05) is 0 Å². The second-order valence-electron chi connectivity index (χ2n) is 5.23. The Morgan fingerprint density at radius 3 is 2.61 bits per heavy atom. The summed E-state index contributed by atoms with van der Waals surface area (Å²) in [4.78, 5) is 12.2. The van der Waals surface area contributed by atoms with E-state index in [1.807, 2.05) is 30.7 Å². The van der Waals surface area contributed by atoms with Gasteiger partial charge < -0.3 is 9.47 Å². The van der Waals surface area contributed by atoms with Crippen molar-refractivity contribution in [2.75, 3.05) is 14.2 Å². The topological polar surface area (TPSA) is 63.9 Å². The van der Waals surface area contributed by atoms with E-state index >= 15 is 0 Å². The highest BCUT2D eigenvalue weighted by Gasteiger charge is 2.22. The number of aromatic nitrogens is 4. The largest absolute Gasteiger partial charge is 0.496 e. The highest BCUT2D eigenvalue weighted by molar-refractivity contribution is 7.79. The van der Waals surface area contributed by atoms with Crippen molar-refractivity contribution >= 4 is 23.8 Å². The molecule has 3 rings (SSSR count). The molecule has 1 N–H and O–H groups in total. The minimum absolute atomic E-state index is 0.539. The number of ether oxygens (including phenoxy) is 2. The summed E-state index contributed by atoms with van der Waals surface area (Å²) < 4.78 is 12.6. The van der Waals surface area contributed by atoms with Crippen LogP contribution in [-0.4, -0.2) is 29.2 Å². The lowest BCUT2D eigenvalue weighted by Crippen LogP contribution is -2.38. The monoisotopic (exact) mass is 331 g/mol. The van der Waals surface area contributed by atoms with Crippen LogP contribution in [0.4, 0.5) is 0 Å². The van der Waals surface area contributed by atoms with Crippen molar-refractivity contribution in [3.63, 3.8) is 0 Å². The van der Waals surface area contributed by atoms with Crippen LogP contribution in [0.3, 0.4) is 0 Å². The maximum Gasteiger partial charge on any atom is 0.403 e. The Bertz CT molecular complexity index is 876. The lowest BCUT2D eigenvalue weighted by atomic mass is 10.1. The molecule has 0 aromatic carbocycles. The maximum absolute atomic E-state index is 5.49. The molecule has 23 heavy (non-hydrogen) atoms. The number of hydrogen-bond donors (Lipinski definition) is 2. The number of fused-ring (bicyclic) bond motifs is 1. The van der Waals surface area contributed by atoms with E-state index in [0.717, 1.165) is 28.1 Å². The van der Waals surface area contributed by atoms with Gasteiger partial charge in [-0.15, -0.1) is 0 Å². The van der Waals surface area contributed by atoms with E-state index in [1.54, 1.807) is 20.3 Å². The van der Waals surface area contributed by atoms with Crippen LogP contribution in [0.1, 0.15) is 16.8 Å². The van der Waals surface area contributed by atoms with Gasteiger partial charge in [0.15, 0.2) is 5.52 Å². The fraction of sp³-hybridized carbons (Fsp3) is 0.312. The standard InChI is InChI=1S/C16H18N4O2S/c1-9-7-20(12(8-23)10(2)14(9)22-4)16-17-11-5-6-13(21-3)18-15(11)19-16/h5-7H,8H2,1-4H3,(H-,17,18,19,23)/p+1. The first-order valence-electron chi connectivity index (χ1n) is 7.19. The van der Waals surface area contributed by atoms with Crippen molar-refractivity contribution in [2.45, 2.75) is 19.6 Å². The summed E-state index contributed by atoms with van der Waals surface area (Å²) in [6.07, 6.45) is 1.99. The first kappa shape index (κ1) is 15.6. The van der Waals surface area contributed by atoms with Gasteiger partial charge in [-0.05, 0) is 24.9 Å². The van der Waals surface area contributed by atoms with Gasteiger partial charge in [0.1, 0.15) is 11.4 Å². The zero-order valence-corrected chi connectivity index (χ0v) is 14.4. The number of nitrogens with zero attached hydrogens (tertiary/aromatic N) is 3. The summed E-state index contributed by atoms with van der Waals surface area (Å²) in [5.74, 6) is 2.67. The average molecular weight is 331 g/mol. The highest BCUT2D eigenvalue weighted by atomic mass is 32.1. The zero-order valence-electron chi connectivity index (χ0n) is 13.5. The number of aromatic amines is 1. The predicted molar refractivity (Wildman–Crippen MR) is 90.7 cm³/mol. The number of imidazole rings is 1. The van der Waals surface area contributed by atoms with Gasteiger partial charge in [-0.25, -0.2) is 9.55 Å². The molecule has 0 fully saturated rings. The Morgan fingerprint density at radius 2 is 1.96 bits per heavy atom. The molecular weight excluding hydrogens is 312 g/mol. The fourth-order valence-electron chi connectivity index (χ4n) is 2.73. The van der Waals surface area contributed by atoms with E-state index < -0.39 is 0 Å². The van der Waals surface area contributed by atoms with Gasteiger partial charge in [0.2, 0.25) is 5.88 Å². The molecule has 0 saturated heterocycles. The minimum Gasteiger partial charge on any atom is -0.496 e. The summed E-state index contributed by atoms with van der Waals surface area (Å²) >= 11 is 4.46. The number of pyridine rings is 2. The van der Waals surface area contributed by atoms with Gasteiger partial charge in [0.25, 0.3) is 5.65 Å². The second kappa shape index (κ2) is 6.08. The Labute approximate surface area is 139 Å². The number of rotatable bonds is 4. The van der Waals surface area contributed by atoms with E-state index in [-0.39, 0.29) is 0 Å². The molecule has 0 aliphatic heterocycles. The molecule has 0 saturated carbocycles. The summed E-state index contributed by atoms with van der Waals surface area (Å²) in [7, 11) is 3.27. The normalized spacial score (nSPS) is 11.0. The number of hydrogen-bond acceptors (Lipinski definition) is 5. The molecule has 0 radical (unpaired) electrons. The van der Waals surface area contributed by atoms with Crippen molar-refractivity contribution in [3.05, 3.63) is 35.2 Å². The smallest absolute Gasteiger partial charge is 0.403 e. The molecule has 6 nitrogen and oxygen atoms in total. The molecule has 7 heteroatoms. The number of thiol groups is 1. The molecule has 0 aliphatic rings. The molecule has 0 aliphatic carbocycles. The van der Waals surface area contributed by atoms with E-state index in [4.69, 9.17) is 9.47 Å². The first-order valence-corrected chi connectivity index (χ1v) is 7.83. The summed E-state index contributed by atoms with van der Waals surface area (Å²) in [5, 5.41) is 0. The van der Waals surface area contributed by atoms with Gasteiger partial charge in [-0.3, -0.25) is 0 Å². The number of aryl methyl sites for hydroxylation is 1. The zero-order chi connectivity index (χ0) is 16.6. The van der Waals surface area contributed by atoms with Crippen LogP contribution in [0.2, 0.25) is 0 Å². The van der Waals surface area contributed by atoms with Crippen LogP contribution >= 0.6 is 12.6 Å². The van der Waals surface area contributed by atoms with Crippen molar-refractivity contribution in [2.24, 2.45) is 0 Å². The second-order valence-corrected chi connectivity index (χ2v) is 5.55. The van der Waals surface area contributed by atoms with Crippen LogP contribution in [0.25, 0.3) is 17.1 Å². The Kier molecular flexibility index (Phi) is 4.12. The molecule has 0 unspecified atom stereocenters. The molecule has 120 valence electrons. The average Bonchev–Trinajstić information content (AvgIpc) is 2.97. The lowest BCUT2D eigenvalue weighted by Gasteiger charge is -2.13. The molecular formula is C16H19N4O2S+. The third-order valence-electron chi connectivity index (χ3n) is 3.84. The third-order valence-corrected chi connectivity index (χ3v) is 4.14. The van der Waals surface area contributed by atoms with Crippen LogP contribution in [0.15, 0.2) is 18.3 Å². The highest BCUT2D eigenvalue weighted by Crippen LogP contribution is 2.25. The molecule has 0 atom stereocenters. The molecule has 3 heterocycles. The van der Waals surface area contributed by atoms with Crippen molar-refractivity contribution in [1.82, 2.24) is 15.0 Å². The van der Waals surface area contributed by atoms with Crippen LogP contribution in [-0.2, 0) is 5.75 Å². The SMILES string of the molecule is COc1ccc2[nH]c(-[n+]3cc(C)c(OC)c(C)c3CS)nc2n1. The Morgan fingerprint density at radius 1 is 1.17 bits per heavy atom. The van der Waals surface area contributed by atoms with Gasteiger partial charge >= 0.3 is 5.95 Å². The maximum atomic E-state index is 5.49. The summed E-state index contributed by atoms with van der Waals surface area (Å²) in [6.45, 7) is 4.03. The lowest BCUT2D eigenvalue weighted by molar-refractivity contribution is -0.611. The molecule has 3 aromatic heterocycles. The Hall–Kier alpha value is -2.28. The number of nitrogens with one attached hydrogen (secondary N) is 1. The van der Waals surface area contributed by atoms with Crippen molar-refractivity contribution in [3.8, 4) is 17.6 Å². The molecule has 0 bridgehead atoms. The van der Waals surface area contributed by atoms with E-state index in [9.17, 15) is 0 Å². The summed E-state index contributed by atoms with van der Waals surface area (Å²) in [6, 6.07) is 3.71. The van der Waals surface area contributed by atoms with Gasteiger partial charge in [0, 0.05) is 22.9 Å². The van der Waals surface area contributed by atoms with Crippen LogP contribution in [0.5, 0.6) is 11.6 Å². The molecule has 3 aromatic rings. The van der Waals surface area contributed by atoms with E-state index in [1.165, 1.54) is 0 Å². The van der Waals surface area contributed by atoms with E-state index in [2.05, 4.69) is 27.6 Å². The number of methoxy groups -OCH3 is 2. The predicted octanol–water partition coefficient (Wildman–Crippen LogP) is 2.30. The molecule has 0 spiro atoms. The van der Waals surface area contributed by atoms with Crippen molar-refractivity contribution < 1.29 is 14.0 Å². The van der Waals surface area contributed by atoms with Crippen molar-refractivity contribution in [1.29, 1.82) is 0 Å². The van der Waals surface area contributed by atoms with Gasteiger partial charge in [-0.2, -0.15) is 17.6 Å². The third kappa shape index (κ3) is 2.61. The fourth-order valence-corrected chi connectivity index (χ4v) is 3.12. The van der Waals surface area contributed by atoms with Crippen LogP contribution < -0.4 is 14.0 Å². The Balaban J connectivity index is 2.21. The quantitative estimate of drug-likeness (QED) is 0.569. The van der Waals surface area contributed by atoms with E-state index in [0.29, 0.717) is 23.2 Å². The summed E-state index contributed by atoms with van der Waals surface area (Å²) in [5.41, 5.74) is 4.56. The van der Waals surface area contributed by atoms with Crippen LogP contribution in [0, 0.1) is 13.8 Å². The minimum atomic E-state index is 0.539. The van der Waals surface area contributed by atoms with Gasteiger partial charge in [0.05, 0.1) is 20.4 Å².